The first kappa shape index (κ1) is 36.6. The predicted octanol–water partition coefficient (Wildman–Crippen LogP) is 3.58. The summed E-state index contributed by atoms with van der Waals surface area (Å²) >= 11 is 0. The largest absolute Gasteiger partial charge is 0.744 e. The third-order valence-corrected chi connectivity index (χ3v) is 8.83. The fourth-order valence-corrected chi connectivity index (χ4v) is 5.77. The molecule has 2 aromatic heterocycles. The van der Waals surface area contributed by atoms with Crippen LogP contribution in [0.5, 0.6) is 0 Å². The van der Waals surface area contributed by atoms with Crippen molar-refractivity contribution in [3.8, 4) is 11.3 Å². The second kappa shape index (κ2) is 15.1. The van der Waals surface area contributed by atoms with E-state index < -0.39 is 26.2 Å². The summed E-state index contributed by atoms with van der Waals surface area (Å²) in [5, 5.41) is 16.4. The molecule has 250 valence electrons. The summed E-state index contributed by atoms with van der Waals surface area (Å²) < 4.78 is 62.4. The highest BCUT2D eigenvalue weighted by molar-refractivity contribution is 7.89. The number of nitrogens with one attached hydrogen (secondary N) is 1. The molecule has 0 saturated carbocycles. The average molecular weight is 675 g/mol. The van der Waals surface area contributed by atoms with Gasteiger partial charge in [0.05, 0.1) is 43.2 Å². The summed E-state index contributed by atoms with van der Waals surface area (Å²) in [5.74, 6) is 1.35. The molecule has 0 aliphatic heterocycles. The topological polar surface area (TPSA) is 190 Å². The van der Waals surface area contributed by atoms with Gasteiger partial charge < -0.3 is 18.8 Å². The van der Waals surface area contributed by atoms with E-state index in [1.54, 1.807) is 30.5 Å². The molecule has 46 heavy (non-hydrogen) atoms. The van der Waals surface area contributed by atoms with Crippen molar-refractivity contribution in [2.75, 3.05) is 20.6 Å². The van der Waals surface area contributed by atoms with Crippen molar-refractivity contribution in [2.24, 2.45) is 11.1 Å². The van der Waals surface area contributed by atoms with Gasteiger partial charge in [0.15, 0.2) is 5.76 Å². The number of primary sulfonamides is 1. The highest BCUT2D eigenvalue weighted by atomic mass is 32.2. The van der Waals surface area contributed by atoms with Crippen LogP contribution < -0.4 is 10.5 Å². The summed E-state index contributed by atoms with van der Waals surface area (Å²) in [6, 6.07) is 15.1. The lowest BCUT2D eigenvalue weighted by atomic mass is 10.0. The summed E-state index contributed by atoms with van der Waals surface area (Å²) in [7, 11) is -3.71. The Morgan fingerprint density at radius 2 is 1.57 bits per heavy atom. The van der Waals surface area contributed by atoms with Crippen LogP contribution in [0.25, 0.3) is 11.3 Å². The minimum atomic E-state index is -4.27. The van der Waals surface area contributed by atoms with E-state index in [4.69, 9.17) is 9.56 Å². The van der Waals surface area contributed by atoms with E-state index in [0.29, 0.717) is 17.0 Å². The van der Waals surface area contributed by atoms with Crippen molar-refractivity contribution in [1.82, 2.24) is 20.3 Å². The van der Waals surface area contributed by atoms with E-state index in [1.807, 2.05) is 32.9 Å². The van der Waals surface area contributed by atoms with Crippen LogP contribution in [0.1, 0.15) is 50.3 Å². The fraction of sp³-hybridized carbons (Fsp3) is 0.387. The molecule has 0 unspecified atom stereocenters. The summed E-state index contributed by atoms with van der Waals surface area (Å²) in [6.45, 7) is 9.98. The van der Waals surface area contributed by atoms with Gasteiger partial charge >= 0.3 is 0 Å². The number of benzene rings is 2. The number of aromatic nitrogens is 3. The number of carbonyl (C=O) groups excluding carboxylic acids is 1. The number of nitrogens with zero attached hydrogens (tertiary/aromatic N) is 4. The molecule has 13 nitrogen and oxygen atoms in total. The third kappa shape index (κ3) is 10.6. The Balaban J connectivity index is 0.000000441. The molecule has 2 aromatic carbocycles. The third-order valence-electron chi connectivity index (χ3n) is 7.05. The highest BCUT2D eigenvalue weighted by Gasteiger charge is 2.26. The molecular weight excluding hydrogens is 633 g/mol. The summed E-state index contributed by atoms with van der Waals surface area (Å²) in [4.78, 5) is 12.9. The summed E-state index contributed by atoms with van der Waals surface area (Å²) in [6.07, 6.45) is 2.77. The smallest absolute Gasteiger partial charge is 0.245 e. The van der Waals surface area contributed by atoms with Crippen LogP contribution in [-0.4, -0.2) is 67.4 Å². The van der Waals surface area contributed by atoms with Gasteiger partial charge in [0.1, 0.15) is 34.2 Å². The zero-order valence-electron chi connectivity index (χ0n) is 26.9. The van der Waals surface area contributed by atoms with Gasteiger partial charge in [-0.3, -0.25) is 4.79 Å². The van der Waals surface area contributed by atoms with Crippen molar-refractivity contribution in [3.05, 3.63) is 83.9 Å². The number of aryl methyl sites for hydroxylation is 1. The zero-order chi connectivity index (χ0) is 34.3. The molecule has 0 saturated heterocycles. The maximum absolute atomic E-state index is 13.1. The minimum Gasteiger partial charge on any atom is -0.744 e. The second-order valence-electron chi connectivity index (χ2n) is 12.0. The van der Waals surface area contributed by atoms with Crippen molar-refractivity contribution >= 4 is 26.0 Å². The zero-order valence-corrected chi connectivity index (χ0v) is 28.5. The quantitative estimate of drug-likeness (QED) is 0.167. The Labute approximate surface area is 270 Å². The summed E-state index contributed by atoms with van der Waals surface area (Å²) in [5.41, 5.74) is 2.12. The van der Waals surface area contributed by atoms with Crippen molar-refractivity contribution in [3.63, 3.8) is 0 Å². The van der Waals surface area contributed by atoms with E-state index in [0.717, 1.165) is 35.3 Å². The number of carbonyl (C=O) groups is 1. The predicted molar refractivity (Wildman–Crippen MR) is 171 cm³/mol. The molecular formula is C31H42N6O7S2. The maximum Gasteiger partial charge on any atom is 0.245 e. The first-order valence-corrected chi connectivity index (χ1v) is 17.6. The number of furan rings is 1. The molecule has 3 N–H and O–H groups in total. The van der Waals surface area contributed by atoms with E-state index >= 15 is 0 Å². The lowest BCUT2D eigenvalue weighted by Gasteiger charge is -2.28. The highest BCUT2D eigenvalue weighted by Crippen LogP contribution is 2.23. The molecule has 0 fully saturated rings. The van der Waals surface area contributed by atoms with Crippen LogP contribution in [0.4, 0.5) is 0 Å². The Morgan fingerprint density at radius 3 is 2.11 bits per heavy atom. The molecule has 0 bridgehead atoms. The maximum atomic E-state index is 13.1. The van der Waals surface area contributed by atoms with Gasteiger partial charge in [0.25, 0.3) is 0 Å². The van der Waals surface area contributed by atoms with Gasteiger partial charge in [-0.25, -0.2) is 26.7 Å². The first-order valence-electron chi connectivity index (χ1n) is 14.6. The fourth-order valence-electron chi connectivity index (χ4n) is 4.78. The minimum absolute atomic E-state index is 0.0158. The monoisotopic (exact) mass is 674 g/mol. The van der Waals surface area contributed by atoms with Gasteiger partial charge in [0.2, 0.25) is 15.9 Å². The number of amides is 1. The molecule has 15 heteroatoms. The lowest BCUT2D eigenvalue weighted by molar-refractivity contribution is -0.904. The van der Waals surface area contributed by atoms with Crippen LogP contribution in [0.15, 0.2) is 81.1 Å². The molecule has 1 atom stereocenters. The lowest BCUT2D eigenvalue weighted by Crippen LogP contribution is -2.39. The number of rotatable bonds is 12. The van der Waals surface area contributed by atoms with Crippen LogP contribution in [0.3, 0.4) is 0 Å². The molecule has 0 aliphatic rings. The Hall–Kier alpha value is -3.89. The van der Waals surface area contributed by atoms with E-state index in [9.17, 15) is 26.2 Å². The molecule has 4 aromatic rings. The molecule has 4 rings (SSSR count). The Bertz CT molecular complexity index is 1810. The molecule has 1 amide bonds. The van der Waals surface area contributed by atoms with E-state index in [1.165, 1.54) is 28.9 Å². The molecule has 0 spiro atoms. The van der Waals surface area contributed by atoms with Crippen LogP contribution in [0.2, 0.25) is 0 Å². The van der Waals surface area contributed by atoms with E-state index in [2.05, 4.69) is 36.6 Å². The van der Waals surface area contributed by atoms with Gasteiger partial charge in [-0.05, 0) is 55.7 Å². The van der Waals surface area contributed by atoms with E-state index in [-0.39, 0.29) is 28.2 Å². The number of sulfonamides is 1. The van der Waals surface area contributed by atoms with Gasteiger partial charge in [0, 0.05) is 5.56 Å². The average Bonchev–Trinajstić information content (AvgIpc) is 3.61. The van der Waals surface area contributed by atoms with Crippen molar-refractivity contribution in [1.29, 1.82) is 0 Å². The first-order chi connectivity index (χ1) is 21.4. The van der Waals surface area contributed by atoms with Gasteiger partial charge in [-0.2, -0.15) is 0 Å². The molecule has 2 heterocycles. The second-order valence-corrected chi connectivity index (χ2v) is 15.0. The SMILES string of the molecule is CCC[N+](C)(C)Cc1ccc(CNC(=O)[C@H](C(C)C)n2cc(-c3ccc(S(N)(=O)=O)cc3)nn2)o1.Cc1ccc(S(=O)(=O)[O-])cc1. The van der Waals surface area contributed by atoms with Crippen LogP contribution in [-0.2, 0) is 38.0 Å². The van der Waals surface area contributed by atoms with Crippen molar-refractivity contribution < 1.29 is 35.1 Å². The molecule has 0 aliphatic carbocycles. The van der Waals surface area contributed by atoms with Gasteiger partial charge in [-0.15, -0.1) is 5.10 Å². The van der Waals surface area contributed by atoms with Crippen LogP contribution >= 0.6 is 0 Å². The van der Waals surface area contributed by atoms with Crippen LogP contribution in [0, 0.1) is 12.8 Å². The Morgan fingerprint density at radius 1 is 0.978 bits per heavy atom. The number of hydrogen-bond donors (Lipinski definition) is 2. The standard InChI is InChI=1S/C24H34N6O4S.C7H8O3S/c1-6-13-30(4,5)16-20-10-9-19(34-20)14-26-24(31)23(17(2)3)29-15-22(27-28-29)18-7-11-21(12-8-18)35(25,32)33;1-6-2-4-7(5-3-6)11(8,9)10/h7-12,15,17,23H,6,13-14,16H2,1-5H3,(H2-,25,26,31,32,33);2-5H,1H3,(H,8,9,10)/t23-;/m0./s1. The Kier molecular flexibility index (Phi) is 12.0. The molecule has 0 radical (unpaired) electrons. The number of hydrogen-bond acceptors (Lipinski definition) is 9. The number of quaternary nitrogens is 1. The normalized spacial score (nSPS) is 12.8. The van der Waals surface area contributed by atoms with Gasteiger partial charge in [-0.1, -0.05) is 55.8 Å². The van der Waals surface area contributed by atoms with Crippen molar-refractivity contribution in [2.45, 2.75) is 63.0 Å². The number of nitrogens with two attached hydrogens (primary N) is 1.